The fraction of sp³-hybridized carbons (Fsp3) is 0.529. The molecule has 0 aliphatic heterocycles. The summed E-state index contributed by atoms with van der Waals surface area (Å²) in [5, 5.41) is 11.4. The van der Waals surface area contributed by atoms with Gasteiger partial charge in [-0.3, -0.25) is 4.79 Å². The molecule has 1 aromatic carbocycles. The number of carboxylic acid groups (broad SMARTS) is 1. The first kappa shape index (κ1) is 16.3. The Labute approximate surface area is 130 Å². The molecule has 1 aliphatic rings. The van der Waals surface area contributed by atoms with Gasteiger partial charge in [-0.25, -0.2) is 4.79 Å². The zero-order chi connectivity index (χ0) is 15.8. The van der Waals surface area contributed by atoms with E-state index in [0.29, 0.717) is 23.8 Å². The van der Waals surface area contributed by atoms with Crippen LogP contribution in [0.25, 0.3) is 0 Å². The van der Waals surface area contributed by atoms with Gasteiger partial charge in [0.2, 0.25) is 5.91 Å². The molecule has 0 radical (unpaired) electrons. The molecule has 5 nitrogen and oxygen atoms in total. The Morgan fingerprint density at radius 3 is 2.32 bits per heavy atom. The van der Waals surface area contributed by atoms with Crippen LogP contribution in [0.1, 0.15) is 44.9 Å². The summed E-state index contributed by atoms with van der Waals surface area (Å²) in [7, 11) is 0. The summed E-state index contributed by atoms with van der Waals surface area (Å²) in [6.45, 7) is -0.368. The molecular formula is C17H23NO4. The highest BCUT2D eigenvalue weighted by Crippen LogP contribution is 2.26. The lowest BCUT2D eigenvalue weighted by atomic mass is 9.96. The third-order valence-electron chi connectivity index (χ3n) is 3.95. The van der Waals surface area contributed by atoms with Crippen LogP contribution in [0.5, 0.6) is 5.75 Å². The molecular weight excluding hydrogens is 282 g/mol. The summed E-state index contributed by atoms with van der Waals surface area (Å²) in [5.41, 5.74) is 0.710. The molecule has 0 bridgehead atoms. The normalized spacial score (nSPS) is 15.8. The Balaban J connectivity index is 1.79. The van der Waals surface area contributed by atoms with Crippen LogP contribution < -0.4 is 10.1 Å². The molecule has 0 aromatic heterocycles. The maximum Gasteiger partial charge on any atom is 0.341 e. The Morgan fingerprint density at radius 2 is 1.73 bits per heavy atom. The van der Waals surface area contributed by atoms with E-state index in [2.05, 4.69) is 5.32 Å². The lowest BCUT2D eigenvalue weighted by Gasteiger charge is -2.13. The first-order valence-corrected chi connectivity index (χ1v) is 7.88. The molecule has 1 amide bonds. The van der Waals surface area contributed by atoms with Crippen LogP contribution in [0.15, 0.2) is 24.3 Å². The summed E-state index contributed by atoms with van der Waals surface area (Å²) in [5.74, 6) is 0.0109. The van der Waals surface area contributed by atoms with Crippen LogP contribution in [0, 0.1) is 5.92 Å². The molecule has 0 saturated heterocycles. The first-order chi connectivity index (χ1) is 10.6. The minimum atomic E-state index is -1.01. The van der Waals surface area contributed by atoms with Gasteiger partial charge < -0.3 is 15.2 Å². The van der Waals surface area contributed by atoms with Crippen LogP contribution in [-0.4, -0.2) is 23.6 Å². The van der Waals surface area contributed by atoms with E-state index in [1.807, 2.05) is 0 Å². The van der Waals surface area contributed by atoms with Gasteiger partial charge in [-0.05, 0) is 43.0 Å². The topological polar surface area (TPSA) is 75.6 Å². The second kappa shape index (κ2) is 8.41. The number of aliphatic carboxylic acids is 1. The van der Waals surface area contributed by atoms with E-state index in [4.69, 9.17) is 9.84 Å². The number of amides is 1. The smallest absolute Gasteiger partial charge is 0.341 e. The van der Waals surface area contributed by atoms with Gasteiger partial charge >= 0.3 is 5.97 Å². The Kier molecular flexibility index (Phi) is 6.25. The number of carboxylic acids is 1. The predicted octanol–water partition coefficient (Wildman–Crippen LogP) is 3.45. The maximum atomic E-state index is 12.1. The van der Waals surface area contributed by atoms with E-state index in [1.165, 1.54) is 25.7 Å². The third-order valence-corrected chi connectivity index (χ3v) is 3.95. The molecule has 1 aromatic rings. The van der Waals surface area contributed by atoms with Gasteiger partial charge in [-0.15, -0.1) is 0 Å². The molecule has 0 spiro atoms. The van der Waals surface area contributed by atoms with E-state index >= 15 is 0 Å². The molecule has 5 heteroatoms. The molecule has 0 unspecified atom stereocenters. The Bertz CT molecular complexity index is 490. The molecule has 1 fully saturated rings. The third kappa shape index (κ3) is 5.76. The van der Waals surface area contributed by atoms with Gasteiger partial charge in [-0.1, -0.05) is 25.7 Å². The average molecular weight is 305 g/mol. The lowest BCUT2D eigenvalue weighted by Crippen LogP contribution is -2.16. The number of carbonyl (C=O) groups is 2. The second-order valence-corrected chi connectivity index (χ2v) is 5.82. The molecule has 0 atom stereocenters. The number of hydrogen-bond donors (Lipinski definition) is 2. The average Bonchev–Trinajstić information content (AvgIpc) is 2.75. The number of benzene rings is 1. The highest BCUT2D eigenvalue weighted by atomic mass is 16.5. The number of rotatable bonds is 6. The van der Waals surface area contributed by atoms with Crippen LogP contribution in [0.4, 0.5) is 5.69 Å². The van der Waals surface area contributed by atoms with Gasteiger partial charge in [0, 0.05) is 12.1 Å². The van der Waals surface area contributed by atoms with Crippen molar-refractivity contribution >= 4 is 17.6 Å². The van der Waals surface area contributed by atoms with Gasteiger partial charge in [0.05, 0.1) is 0 Å². The number of nitrogens with one attached hydrogen (secondary N) is 1. The minimum absolute atomic E-state index is 0.0473. The van der Waals surface area contributed by atoms with Crippen LogP contribution in [0.2, 0.25) is 0 Å². The first-order valence-electron chi connectivity index (χ1n) is 7.88. The molecule has 2 N–H and O–H groups in total. The van der Waals surface area contributed by atoms with E-state index in [1.54, 1.807) is 24.3 Å². The quantitative estimate of drug-likeness (QED) is 0.789. The standard InChI is InChI=1S/C17H23NO4/c19-16(11-13-5-3-1-2-4-6-13)18-14-7-9-15(10-8-14)22-12-17(20)21/h7-10,13H,1-6,11-12H2,(H,18,19)(H,20,21). The van der Waals surface area contributed by atoms with Crippen molar-refractivity contribution in [1.82, 2.24) is 0 Å². The molecule has 22 heavy (non-hydrogen) atoms. The van der Waals surface area contributed by atoms with Crippen LogP contribution in [0.3, 0.4) is 0 Å². The van der Waals surface area contributed by atoms with Crippen LogP contribution >= 0.6 is 0 Å². The van der Waals surface area contributed by atoms with Gasteiger partial charge in [0.15, 0.2) is 6.61 Å². The van der Waals surface area contributed by atoms with Crippen molar-refractivity contribution in [1.29, 1.82) is 0 Å². The fourth-order valence-corrected chi connectivity index (χ4v) is 2.82. The van der Waals surface area contributed by atoms with Crippen molar-refractivity contribution in [2.45, 2.75) is 44.9 Å². The summed E-state index contributed by atoms with van der Waals surface area (Å²) < 4.78 is 5.05. The van der Waals surface area contributed by atoms with Gasteiger partial charge in [-0.2, -0.15) is 0 Å². The van der Waals surface area contributed by atoms with Gasteiger partial charge in [0.25, 0.3) is 0 Å². The highest BCUT2D eigenvalue weighted by molar-refractivity contribution is 5.90. The number of carbonyl (C=O) groups excluding carboxylic acids is 1. The summed E-state index contributed by atoms with van der Waals surface area (Å²) in [6, 6.07) is 6.76. The summed E-state index contributed by atoms with van der Waals surface area (Å²) in [6.07, 6.45) is 7.91. The molecule has 2 rings (SSSR count). The number of anilines is 1. The fourth-order valence-electron chi connectivity index (χ4n) is 2.82. The maximum absolute atomic E-state index is 12.1. The molecule has 1 saturated carbocycles. The van der Waals surface area contributed by atoms with Crippen LogP contribution in [-0.2, 0) is 9.59 Å². The summed E-state index contributed by atoms with van der Waals surface area (Å²) in [4.78, 5) is 22.5. The lowest BCUT2D eigenvalue weighted by molar-refractivity contribution is -0.139. The van der Waals surface area contributed by atoms with Crippen molar-refractivity contribution in [3.05, 3.63) is 24.3 Å². The van der Waals surface area contributed by atoms with Crippen molar-refractivity contribution in [3.63, 3.8) is 0 Å². The SMILES string of the molecule is O=C(O)COc1ccc(NC(=O)CC2CCCCCC2)cc1. The monoisotopic (exact) mass is 305 g/mol. The second-order valence-electron chi connectivity index (χ2n) is 5.82. The van der Waals surface area contributed by atoms with E-state index in [0.717, 1.165) is 12.8 Å². The van der Waals surface area contributed by atoms with Crippen molar-refractivity contribution in [2.75, 3.05) is 11.9 Å². The number of ether oxygens (including phenoxy) is 1. The van der Waals surface area contributed by atoms with E-state index in [9.17, 15) is 9.59 Å². The largest absolute Gasteiger partial charge is 0.482 e. The van der Waals surface area contributed by atoms with Crippen molar-refractivity contribution < 1.29 is 19.4 Å². The highest BCUT2D eigenvalue weighted by Gasteiger charge is 2.16. The zero-order valence-electron chi connectivity index (χ0n) is 12.7. The molecule has 1 aliphatic carbocycles. The van der Waals surface area contributed by atoms with E-state index < -0.39 is 5.97 Å². The Hall–Kier alpha value is -2.04. The van der Waals surface area contributed by atoms with Crippen molar-refractivity contribution in [2.24, 2.45) is 5.92 Å². The molecule has 0 heterocycles. The van der Waals surface area contributed by atoms with Gasteiger partial charge in [0.1, 0.15) is 5.75 Å². The summed E-state index contributed by atoms with van der Waals surface area (Å²) >= 11 is 0. The predicted molar refractivity (Wildman–Crippen MR) is 84.0 cm³/mol. The number of hydrogen-bond acceptors (Lipinski definition) is 3. The van der Waals surface area contributed by atoms with E-state index in [-0.39, 0.29) is 12.5 Å². The minimum Gasteiger partial charge on any atom is -0.482 e. The molecule has 120 valence electrons. The zero-order valence-corrected chi connectivity index (χ0v) is 12.7. The van der Waals surface area contributed by atoms with Crippen molar-refractivity contribution in [3.8, 4) is 5.75 Å². The Morgan fingerprint density at radius 1 is 1.09 bits per heavy atom.